The molecule has 0 aliphatic carbocycles. The third-order valence-electron chi connectivity index (χ3n) is 2.50. The van der Waals surface area contributed by atoms with Crippen molar-refractivity contribution in [3.63, 3.8) is 0 Å². The van der Waals surface area contributed by atoms with Crippen molar-refractivity contribution in [2.75, 3.05) is 5.32 Å². The van der Waals surface area contributed by atoms with Crippen LogP contribution in [-0.4, -0.2) is 22.8 Å². The zero-order valence-corrected chi connectivity index (χ0v) is 12.3. The number of hydrogen-bond acceptors (Lipinski definition) is 4. The monoisotopic (exact) mass is 307 g/mol. The Bertz CT molecular complexity index is 670. The average molecular weight is 307 g/mol. The molecule has 2 aromatic rings. The van der Waals surface area contributed by atoms with Crippen LogP contribution in [0.1, 0.15) is 34.7 Å². The molecule has 0 aliphatic rings. The van der Waals surface area contributed by atoms with Crippen molar-refractivity contribution in [1.29, 1.82) is 0 Å². The van der Waals surface area contributed by atoms with Crippen molar-refractivity contribution < 1.29 is 14.0 Å². The minimum absolute atomic E-state index is 0.00402. The molecule has 0 fully saturated rings. The summed E-state index contributed by atoms with van der Waals surface area (Å²) in [5, 5.41) is 6.96. The largest absolute Gasteiger partial charge is 0.349 e. The normalized spacial score (nSPS) is 10.5. The van der Waals surface area contributed by atoms with Gasteiger partial charge in [-0.25, -0.2) is 9.37 Å². The van der Waals surface area contributed by atoms with Gasteiger partial charge in [0.15, 0.2) is 5.13 Å². The minimum Gasteiger partial charge on any atom is -0.349 e. The predicted octanol–water partition coefficient (Wildman–Crippen LogP) is 2.67. The molecule has 110 valence electrons. The average Bonchev–Trinajstić information content (AvgIpc) is 2.87. The van der Waals surface area contributed by atoms with Gasteiger partial charge in [0.2, 0.25) is 0 Å². The molecular formula is C14H14FN3O2S. The molecule has 5 nitrogen and oxygen atoms in total. The maximum atomic E-state index is 13.5. The minimum atomic E-state index is -0.607. The Balaban J connectivity index is 2.08. The lowest BCUT2D eigenvalue weighted by Crippen LogP contribution is -2.30. The van der Waals surface area contributed by atoms with Crippen LogP contribution in [0.4, 0.5) is 9.52 Å². The van der Waals surface area contributed by atoms with Gasteiger partial charge in [-0.15, -0.1) is 11.3 Å². The molecule has 0 radical (unpaired) electrons. The number of halogens is 1. The molecule has 0 atom stereocenters. The fourth-order valence-electron chi connectivity index (χ4n) is 1.58. The first-order valence-corrected chi connectivity index (χ1v) is 7.17. The number of hydrogen-bond donors (Lipinski definition) is 2. The molecule has 0 spiro atoms. The van der Waals surface area contributed by atoms with Gasteiger partial charge in [0.25, 0.3) is 11.8 Å². The topological polar surface area (TPSA) is 71.1 Å². The lowest BCUT2D eigenvalue weighted by atomic mass is 10.2. The Kier molecular flexibility index (Phi) is 4.64. The third-order valence-corrected chi connectivity index (χ3v) is 3.25. The fourth-order valence-corrected chi connectivity index (χ4v) is 2.27. The van der Waals surface area contributed by atoms with Crippen molar-refractivity contribution in [1.82, 2.24) is 10.3 Å². The van der Waals surface area contributed by atoms with E-state index in [1.807, 2.05) is 13.8 Å². The van der Waals surface area contributed by atoms with Crippen LogP contribution in [0.3, 0.4) is 0 Å². The highest BCUT2D eigenvalue weighted by Crippen LogP contribution is 2.17. The molecule has 0 aliphatic heterocycles. The molecule has 0 bridgehead atoms. The number of benzene rings is 1. The molecule has 0 saturated carbocycles. The van der Waals surface area contributed by atoms with Crippen molar-refractivity contribution >= 4 is 28.3 Å². The standard InChI is InChI=1S/C14H14FN3O2S/c1-8(2)16-13(20)11-7-21-14(17-11)18-12(19)9-5-3-4-6-10(9)15/h3-8H,1-2H3,(H,16,20)(H,17,18,19). The lowest BCUT2D eigenvalue weighted by Gasteiger charge is -2.05. The van der Waals surface area contributed by atoms with E-state index >= 15 is 0 Å². The van der Waals surface area contributed by atoms with E-state index in [1.54, 1.807) is 6.07 Å². The zero-order chi connectivity index (χ0) is 15.4. The number of anilines is 1. The molecule has 0 saturated heterocycles. The predicted molar refractivity (Wildman–Crippen MR) is 79.1 cm³/mol. The van der Waals surface area contributed by atoms with E-state index in [2.05, 4.69) is 15.6 Å². The van der Waals surface area contributed by atoms with Gasteiger partial charge in [0.1, 0.15) is 11.5 Å². The van der Waals surface area contributed by atoms with Crippen molar-refractivity contribution in [2.24, 2.45) is 0 Å². The number of nitrogens with one attached hydrogen (secondary N) is 2. The summed E-state index contributed by atoms with van der Waals surface area (Å²) in [6, 6.07) is 5.66. The van der Waals surface area contributed by atoms with Crippen LogP contribution >= 0.6 is 11.3 Å². The smallest absolute Gasteiger partial charge is 0.271 e. The number of aromatic nitrogens is 1. The first-order chi connectivity index (χ1) is 9.97. The number of rotatable bonds is 4. The summed E-state index contributed by atoms with van der Waals surface area (Å²) >= 11 is 1.11. The van der Waals surface area contributed by atoms with Crippen molar-refractivity contribution in [3.05, 3.63) is 46.7 Å². The van der Waals surface area contributed by atoms with Crippen LogP contribution in [0.25, 0.3) is 0 Å². The Labute approximate surface area is 125 Å². The van der Waals surface area contributed by atoms with Crippen molar-refractivity contribution in [2.45, 2.75) is 19.9 Å². The maximum Gasteiger partial charge on any atom is 0.271 e. The molecule has 0 unspecified atom stereocenters. The fraction of sp³-hybridized carbons (Fsp3) is 0.214. The molecule has 2 amide bonds. The summed E-state index contributed by atoms with van der Waals surface area (Å²) in [7, 11) is 0. The molecule has 2 rings (SSSR count). The van der Waals surface area contributed by atoms with Gasteiger partial charge in [-0.05, 0) is 26.0 Å². The van der Waals surface area contributed by atoms with E-state index in [0.29, 0.717) is 0 Å². The van der Waals surface area contributed by atoms with Gasteiger partial charge in [-0.2, -0.15) is 0 Å². The van der Waals surface area contributed by atoms with E-state index in [1.165, 1.54) is 23.6 Å². The van der Waals surface area contributed by atoms with Gasteiger partial charge < -0.3 is 5.32 Å². The number of nitrogens with zero attached hydrogens (tertiary/aromatic N) is 1. The highest BCUT2D eigenvalue weighted by Gasteiger charge is 2.15. The zero-order valence-electron chi connectivity index (χ0n) is 11.5. The molecule has 7 heteroatoms. The molecule has 2 N–H and O–H groups in total. The van der Waals surface area contributed by atoms with Gasteiger partial charge in [0, 0.05) is 11.4 Å². The highest BCUT2D eigenvalue weighted by molar-refractivity contribution is 7.14. The SMILES string of the molecule is CC(C)NC(=O)c1csc(NC(=O)c2ccccc2F)n1. The molecule has 21 heavy (non-hydrogen) atoms. The van der Waals surface area contributed by atoms with Crippen LogP contribution in [0.2, 0.25) is 0 Å². The Morgan fingerprint density at radius 2 is 1.95 bits per heavy atom. The summed E-state index contributed by atoms with van der Waals surface area (Å²) in [6.07, 6.45) is 0. The van der Waals surface area contributed by atoms with E-state index in [9.17, 15) is 14.0 Å². The van der Waals surface area contributed by atoms with E-state index in [-0.39, 0.29) is 28.3 Å². The summed E-state index contributed by atoms with van der Waals surface area (Å²) in [6.45, 7) is 3.68. The molecular weight excluding hydrogens is 293 g/mol. The Morgan fingerprint density at radius 3 is 2.62 bits per heavy atom. The van der Waals surface area contributed by atoms with E-state index < -0.39 is 11.7 Å². The summed E-state index contributed by atoms with van der Waals surface area (Å²) in [5.41, 5.74) is 0.151. The molecule has 1 heterocycles. The number of carbonyl (C=O) groups excluding carboxylic acids is 2. The second-order valence-electron chi connectivity index (χ2n) is 4.60. The van der Waals surface area contributed by atoms with Crippen LogP contribution in [0, 0.1) is 5.82 Å². The maximum absolute atomic E-state index is 13.5. The van der Waals surface area contributed by atoms with Crippen LogP contribution in [0.15, 0.2) is 29.6 Å². The second-order valence-corrected chi connectivity index (χ2v) is 5.46. The first kappa shape index (κ1) is 15.1. The first-order valence-electron chi connectivity index (χ1n) is 6.29. The van der Waals surface area contributed by atoms with Crippen molar-refractivity contribution in [3.8, 4) is 0 Å². The van der Waals surface area contributed by atoms with E-state index in [4.69, 9.17) is 0 Å². The van der Waals surface area contributed by atoms with Crippen LogP contribution < -0.4 is 10.6 Å². The quantitative estimate of drug-likeness (QED) is 0.912. The summed E-state index contributed by atoms with van der Waals surface area (Å²) in [4.78, 5) is 27.7. The number of thiazole rings is 1. The van der Waals surface area contributed by atoms with Gasteiger partial charge >= 0.3 is 0 Å². The van der Waals surface area contributed by atoms with Crippen LogP contribution in [0.5, 0.6) is 0 Å². The van der Waals surface area contributed by atoms with Gasteiger partial charge in [0.05, 0.1) is 5.56 Å². The lowest BCUT2D eigenvalue weighted by molar-refractivity contribution is 0.0937. The Hall–Kier alpha value is -2.28. The Morgan fingerprint density at radius 1 is 1.24 bits per heavy atom. The summed E-state index contributed by atoms with van der Waals surface area (Å²) < 4.78 is 13.5. The summed E-state index contributed by atoms with van der Waals surface area (Å²) in [5.74, 6) is -1.52. The number of carbonyl (C=O) groups is 2. The van der Waals surface area contributed by atoms with E-state index in [0.717, 1.165) is 11.3 Å². The van der Waals surface area contributed by atoms with Gasteiger partial charge in [-0.3, -0.25) is 14.9 Å². The highest BCUT2D eigenvalue weighted by atomic mass is 32.1. The molecule has 1 aromatic heterocycles. The van der Waals surface area contributed by atoms with Crippen LogP contribution in [-0.2, 0) is 0 Å². The third kappa shape index (κ3) is 3.85. The van der Waals surface area contributed by atoms with Gasteiger partial charge in [-0.1, -0.05) is 12.1 Å². The molecule has 1 aromatic carbocycles. The number of amides is 2. The second kappa shape index (κ2) is 6.45.